The van der Waals surface area contributed by atoms with Crippen molar-refractivity contribution < 1.29 is 58.4 Å². The van der Waals surface area contributed by atoms with Gasteiger partial charge in [0.15, 0.2) is 0 Å². The lowest BCUT2D eigenvalue weighted by molar-refractivity contribution is -0.143. The number of carboxylic acids is 3. The molecule has 7 N–H and O–H groups in total. The summed E-state index contributed by atoms with van der Waals surface area (Å²) in [6.45, 7) is 3.87. The molecule has 256 valence electrons. The summed E-state index contributed by atoms with van der Waals surface area (Å²) in [5.74, 6) is -5.64. The van der Waals surface area contributed by atoms with Gasteiger partial charge in [0, 0.05) is 51.3 Å². The molecule has 1 saturated carbocycles. The van der Waals surface area contributed by atoms with Crippen LogP contribution in [0.5, 0.6) is 0 Å². The Kier molecular flexibility index (Phi) is 19.8. The molecule has 1 aliphatic carbocycles. The molecule has 0 bridgehead atoms. The van der Waals surface area contributed by atoms with E-state index in [-0.39, 0.29) is 69.9 Å². The molecule has 0 unspecified atom stereocenters. The molecule has 45 heavy (non-hydrogen) atoms. The van der Waals surface area contributed by atoms with Crippen molar-refractivity contribution >= 4 is 41.5 Å². The molecule has 0 saturated heterocycles. The van der Waals surface area contributed by atoms with E-state index in [1.807, 2.05) is 6.92 Å². The van der Waals surface area contributed by atoms with E-state index in [1.54, 1.807) is 0 Å². The average Bonchev–Trinajstić information content (AvgIpc) is 2.99. The number of hydrogen-bond donors (Lipinski definition) is 7. The van der Waals surface area contributed by atoms with E-state index in [2.05, 4.69) is 21.3 Å². The molecule has 0 aliphatic heterocycles. The summed E-state index contributed by atoms with van der Waals surface area (Å²) in [7, 11) is 0. The van der Waals surface area contributed by atoms with E-state index in [1.165, 1.54) is 0 Å². The minimum absolute atomic E-state index is 0.0767. The number of hydrogen-bond acceptors (Lipinski definition) is 9. The maximum absolute atomic E-state index is 12.8. The smallest absolute Gasteiger partial charge is 0.326 e. The fraction of sp³-hybridized carbons (Fsp3) is 0.759. The summed E-state index contributed by atoms with van der Waals surface area (Å²) in [6.07, 6.45) is 1.48. The van der Waals surface area contributed by atoms with E-state index < -0.39 is 53.6 Å². The fourth-order valence-corrected chi connectivity index (χ4v) is 4.73. The van der Waals surface area contributed by atoms with E-state index in [9.17, 15) is 38.7 Å². The van der Waals surface area contributed by atoms with Gasteiger partial charge in [-0.05, 0) is 57.8 Å². The molecule has 0 aromatic heterocycles. The molecule has 1 rings (SSSR count). The Morgan fingerprint density at radius 3 is 1.98 bits per heavy atom. The number of carbonyl (C=O) groups is 7. The molecule has 1 fully saturated rings. The highest BCUT2D eigenvalue weighted by Crippen LogP contribution is 2.28. The Morgan fingerprint density at radius 1 is 0.711 bits per heavy atom. The monoisotopic (exact) mass is 644 g/mol. The first-order valence-electron chi connectivity index (χ1n) is 15.4. The summed E-state index contributed by atoms with van der Waals surface area (Å²) >= 11 is 0. The second-order valence-electron chi connectivity index (χ2n) is 10.9. The van der Waals surface area contributed by atoms with Gasteiger partial charge >= 0.3 is 17.9 Å². The number of carbonyl (C=O) groups excluding carboxylic acids is 4. The molecule has 16 nitrogen and oxygen atoms in total. The molecule has 16 heteroatoms. The van der Waals surface area contributed by atoms with E-state index in [4.69, 9.17) is 19.7 Å². The Balaban J connectivity index is 2.49. The molecule has 0 radical (unpaired) electrons. The van der Waals surface area contributed by atoms with Crippen LogP contribution in [0.2, 0.25) is 0 Å². The quantitative estimate of drug-likeness (QED) is 0.0688. The maximum Gasteiger partial charge on any atom is 0.326 e. The van der Waals surface area contributed by atoms with Gasteiger partial charge in [-0.15, -0.1) is 0 Å². The van der Waals surface area contributed by atoms with Crippen LogP contribution in [0.1, 0.15) is 77.6 Å². The normalized spacial score (nSPS) is 17.4. The predicted octanol–water partition coefficient (Wildman–Crippen LogP) is 0.0324. The van der Waals surface area contributed by atoms with E-state index in [0.29, 0.717) is 52.0 Å². The summed E-state index contributed by atoms with van der Waals surface area (Å²) in [5, 5.41) is 37.6. The number of amides is 4. The highest BCUT2D eigenvalue weighted by Gasteiger charge is 2.30. The number of rotatable bonds is 24. The van der Waals surface area contributed by atoms with Crippen molar-refractivity contribution in [2.45, 2.75) is 89.6 Å². The number of ether oxygens (including phenoxy) is 2. The lowest BCUT2D eigenvalue weighted by atomic mass is 9.81. The van der Waals surface area contributed by atoms with Gasteiger partial charge in [-0.25, -0.2) is 4.79 Å². The van der Waals surface area contributed by atoms with E-state index >= 15 is 0 Å². The van der Waals surface area contributed by atoms with Crippen molar-refractivity contribution in [2.24, 2.45) is 11.8 Å². The van der Waals surface area contributed by atoms with Crippen molar-refractivity contribution in [1.82, 2.24) is 21.3 Å². The molecular weight excluding hydrogens is 596 g/mol. The van der Waals surface area contributed by atoms with Crippen LogP contribution in [0.25, 0.3) is 0 Å². The third-order valence-electron chi connectivity index (χ3n) is 7.29. The molecule has 0 spiro atoms. The highest BCUT2D eigenvalue weighted by molar-refractivity contribution is 5.89. The largest absolute Gasteiger partial charge is 0.481 e. The minimum atomic E-state index is -1.34. The summed E-state index contributed by atoms with van der Waals surface area (Å²) in [4.78, 5) is 83.2. The van der Waals surface area contributed by atoms with Crippen LogP contribution in [-0.2, 0) is 43.0 Å². The van der Waals surface area contributed by atoms with Crippen LogP contribution < -0.4 is 21.3 Å². The molecule has 0 aromatic carbocycles. The third-order valence-corrected chi connectivity index (χ3v) is 7.29. The standard InChI is InChI=1S/C29H48N4O12/c1-2-44-16-17-45-15-14-30-28(41)21(11-13-26(38)39)32-24(35)12-10-22(29(42)43)33-27(40)20-8-6-19(7-9-20)18-31-23(34)4-3-5-25(36)37/h19-22H,2-18H2,1H3,(H,30,41)(H,31,34)(H,32,35)(H,33,40)(H,36,37)(H,38,39)(H,42,43)/t19-,20+,21-,22-/m0/s1. The zero-order chi connectivity index (χ0) is 33.6. The van der Waals surface area contributed by atoms with Crippen molar-refractivity contribution in [3.05, 3.63) is 0 Å². The van der Waals surface area contributed by atoms with Gasteiger partial charge in [0.25, 0.3) is 0 Å². The van der Waals surface area contributed by atoms with Gasteiger partial charge in [-0.2, -0.15) is 0 Å². The minimum Gasteiger partial charge on any atom is -0.481 e. The summed E-state index contributed by atoms with van der Waals surface area (Å²) in [5.41, 5.74) is 0. The molecular formula is C29H48N4O12. The van der Waals surface area contributed by atoms with Crippen molar-refractivity contribution in [3.63, 3.8) is 0 Å². The molecule has 4 amide bonds. The molecule has 1 aliphatic rings. The number of carboxylic acid groups (broad SMARTS) is 3. The van der Waals surface area contributed by atoms with E-state index in [0.717, 1.165) is 0 Å². The van der Waals surface area contributed by atoms with Crippen LogP contribution in [-0.4, -0.2) is 108 Å². The lowest BCUT2D eigenvalue weighted by Gasteiger charge is -2.28. The van der Waals surface area contributed by atoms with Gasteiger partial charge in [0.2, 0.25) is 23.6 Å². The van der Waals surface area contributed by atoms with Crippen LogP contribution in [0.4, 0.5) is 0 Å². The van der Waals surface area contributed by atoms with Gasteiger partial charge < -0.3 is 46.1 Å². The van der Waals surface area contributed by atoms with Crippen molar-refractivity contribution in [2.75, 3.05) is 39.5 Å². The number of nitrogens with one attached hydrogen (secondary N) is 4. The van der Waals surface area contributed by atoms with Crippen molar-refractivity contribution in [1.29, 1.82) is 0 Å². The fourth-order valence-electron chi connectivity index (χ4n) is 4.73. The molecule has 2 atom stereocenters. The van der Waals surface area contributed by atoms with Gasteiger partial charge in [-0.1, -0.05) is 0 Å². The van der Waals surface area contributed by atoms with Crippen LogP contribution in [0.15, 0.2) is 0 Å². The number of aliphatic carboxylic acids is 3. The molecule has 0 aromatic rings. The molecule has 0 heterocycles. The Bertz CT molecular complexity index is 984. The Hall–Kier alpha value is -3.79. The second kappa shape index (κ2) is 22.7. The zero-order valence-corrected chi connectivity index (χ0v) is 25.8. The van der Waals surface area contributed by atoms with Gasteiger partial charge in [0.1, 0.15) is 12.1 Å². The summed E-state index contributed by atoms with van der Waals surface area (Å²) < 4.78 is 10.4. The lowest BCUT2D eigenvalue weighted by Crippen LogP contribution is -2.48. The Morgan fingerprint density at radius 2 is 1.36 bits per heavy atom. The maximum atomic E-state index is 12.8. The first kappa shape index (κ1) is 39.2. The Labute approximate surface area is 262 Å². The van der Waals surface area contributed by atoms with Gasteiger partial charge in [-0.3, -0.25) is 28.8 Å². The third kappa shape index (κ3) is 18.6. The topological polar surface area (TPSA) is 247 Å². The summed E-state index contributed by atoms with van der Waals surface area (Å²) in [6, 6.07) is -2.49. The van der Waals surface area contributed by atoms with Crippen LogP contribution >= 0.6 is 0 Å². The van der Waals surface area contributed by atoms with Crippen molar-refractivity contribution in [3.8, 4) is 0 Å². The first-order valence-corrected chi connectivity index (χ1v) is 15.4. The van der Waals surface area contributed by atoms with Crippen LogP contribution in [0, 0.1) is 11.8 Å². The van der Waals surface area contributed by atoms with Gasteiger partial charge in [0.05, 0.1) is 19.8 Å². The SMILES string of the molecule is CCOCCOCCNC(=O)[C@H](CCC(=O)O)NC(=O)CC[C@H](NC(=O)[C@H]1CC[C@@H](CNC(=O)CCCC(=O)O)CC1)C(=O)O. The zero-order valence-electron chi connectivity index (χ0n) is 25.8. The first-order chi connectivity index (χ1) is 21.4. The average molecular weight is 645 g/mol. The predicted molar refractivity (Wildman–Crippen MR) is 158 cm³/mol. The van der Waals surface area contributed by atoms with Crippen LogP contribution in [0.3, 0.4) is 0 Å². The highest BCUT2D eigenvalue weighted by atomic mass is 16.5. The second-order valence-corrected chi connectivity index (χ2v) is 10.9.